The molecule has 2 rings (SSSR count). The van der Waals surface area contributed by atoms with E-state index in [0.29, 0.717) is 17.9 Å². The Bertz CT molecular complexity index is 717. The number of ether oxygens (including phenoxy) is 2. The fraction of sp³-hybridized carbons (Fsp3) is 0.300. The topological polar surface area (TPSA) is 67.8 Å². The Hall–Kier alpha value is -2.53. The molecule has 2 aromatic carbocycles. The molecule has 0 heterocycles. The number of rotatable bonds is 6. The summed E-state index contributed by atoms with van der Waals surface area (Å²) in [4.78, 5) is 12.1. The summed E-state index contributed by atoms with van der Waals surface area (Å²) >= 11 is 0. The normalized spacial score (nSPS) is 11.2. The minimum atomic E-state index is -0.538. The van der Waals surface area contributed by atoms with Gasteiger partial charge in [-0.2, -0.15) is 0 Å². The van der Waals surface area contributed by atoms with Crippen LogP contribution < -0.4 is 14.8 Å². The van der Waals surface area contributed by atoms with E-state index in [1.165, 1.54) is 0 Å². The molecule has 0 aliphatic heterocycles. The van der Waals surface area contributed by atoms with Gasteiger partial charge in [0, 0.05) is 18.5 Å². The van der Waals surface area contributed by atoms with E-state index in [9.17, 15) is 9.90 Å². The predicted octanol–water partition coefficient (Wildman–Crippen LogP) is 3.56. The molecule has 0 unspecified atom stereocenters. The van der Waals surface area contributed by atoms with Crippen LogP contribution in [0, 0.1) is 6.42 Å². The second-order valence-electron chi connectivity index (χ2n) is 6.68. The van der Waals surface area contributed by atoms with Crippen LogP contribution in [0.5, 0.6) is 17.2 Å². The number of esters is 1. The summed E-state index contributed by atoms with van der Waals surface area (Å²) in [7, 11) is 1.56. The zero-order chi connectivity index (χ0) is 18.4. The van der Waals surface area contributed by atoms with Gasteiger partial charge in [-0.25, -0.2) is 4.79 Å². The van der Waals surface area contributed by atoms with E-state index in [4.69, 9.17) is 9.47 Å². The van der Waals surface area contributed by atoms with Gasteiger partial charge >= 0.3 is 5.97 Å². The highest BCUT2D eigenvalue weighted by molar-refractivity contribution is 5.91. The maximum absolute atomic E-state index is 12.1. The first-order valence-corrected chi connectivity index (χ1v) is 8.06. The van der Waals surface area contributed by atoms with Gasteiger partial charge < -0.3 is 19.9 Å². The molecular weight excluding hydrogens is 318 g/mol. The minimum absolute atomic E-state index is 0.0202. The Morgan fingerprint density at radius 2 is 1.84 bits per heavy atom. The van der Waals surface area contributed by atoms with E-state index in [2.05, 4.69) is 26.1 Å². The lowest BCUT2D eigenvalue weighted by atomic mass is 10.1. The first-order valence-electron chi connectivity index (χ1n) is 8.06. The fourth-order valence-electron chi connectivity index (χ4n) is 2.11. The van der Waals surface area contributed by atoms with Gasteiger partial charge in [0.25, 0.3) is 0 Å². The monoisotopic (exact) mass is 342 g/mol. The maximum atomic E-state index is 12.1. The van der Waals surface area contributed by atoms with Crippen LogP contribution in [-0.2, 0) is 0 Å². The van der Waals surface area contributed by atoms with Crippen molar-refractivity contribution in [3.8, 4) is 17.2 Å². The highest BCUT2D eigenvalue weighted by Crippen LogP contribution is 2.28. The molecule has 5 heteroatoms. The maximum Gasteiger partial charge on any atom is 0.343 e. The van der Waals surface area contributed by atoms with Gasteiger partial charge in [0.15, 0.2) is 11.5 Å². The minimum Gasteiger partial charge on any atom is -0.504 e. The number of methoxy groups -OCH3 is 1. The molecule has 0 fully saturated rings. The Labute approximate surface area is 148 Å². The van der Waals surface area contributed by atoms with E-state index in [0.717, 1.165) is 5.56 Å². The van der Waals surface area contributed by atoms with Crippen LogP contribution in [-0.4, -0.2) is 30.3 Å². The van der Waals surface area contributed by atoms with E-state index in [1.54, 1.807) is 49.6 Å². The Morgan fingerprint density at radius 3 is 2.40 bits per heavy atom. The highest BCUT2D eigenvalue weighted by atomic mass is 16.5. The van der Waals surface area contributed by atoms with Gasteiger partial charge in [-0.15, -0.1) is 0 Å². The van der Waals surface area contributed by atoms with Gasteiger partial charge in [-0.05, 0) is 62.7 Å². The van der Waals surface area contributed by atoms with Crippen molar-refractivity contribution in [2.45, 2.75) is 26.3 Å². The third-order valence-electron chi connectivity index (χ3n) is 3.48. The summed E-state index contributed by atoms with van der Waals surface area (Å²) in [6.45, 7) is 6.92. The lowest BCUT2D eigenvalue weighted by Gasteiger charge is -2.20. The van der Waals surface area contributed by atoms with Crippen molar-refractivity contribution < 1.29 is 19.4 Å². The number of carbonyl (C=O) groups is 1. The zero-order valence-corrected chi connectivity index (χ0v) is 15.0. The van der Waals surface area contributed by atoms with E-state index < -0.39 is 5.97 Å². The lowest BCUT2D eigenvalue weighted by molar-refractivity contribution is 0.0729. The van der Waals surface area contributed by atoms with E-state index in [-0.39, 0.29) is 17.0 Å². The molecule has 0 aromatic heterocycles. The predicted molar refractivity (Wildman–Crippen MR) is 97.2 cm³/mol. The molecule has 25 heavy (non-hydrogen) atoms. The number of nitrogens with one attached hydrogen (secondary N) is 1. The second-order valence-corrected chi connectivity index (χ2v) is 6.68. The third kappa shape index (κ3) is 5.80. The van der Waals surface area contributed by atoms with Crippen LogP contribution in [0.25, 0.3) is 0 Å². The van der Waals surface area contributed by atoms with Crippen molar-refractivity contribution in [3.05, 3.63) is 60.0 Å². The highest BCUT2D eigenvalue weighted by Gasteiger charge is 2.13. The standard InChI is InChI=1S/C20H24NO4/c1-20(2,3)21-12-11-14-5-10-18(17(22)13-14)25-19(23)15-6-8-16(24-4)9-7-15/h5-11,13,21-22H,12H2,1-4H3. The smallest absolute Gasteiger partial charge is 0.343 e. The molecular formula is C20H24NO4. The molecule has 2 aromatic rings. The van der Waals surface area contributed by atoms with Crippen molar-refractivity contribution in [2.75, 3.05) is 13.7 Å². The van der Waals surface area contributed by atoms with Crippen molar-refractivity contribution in [2.24, 2.45) is 0 Å². The fourth-order valence-corrected chi connectivity index (χ4v) is 2.11. The number of phenols is 1. The number of hydrogen-bond donors (Lipinski definition) is 2. The summed E-state index contributed by atoms with van der Waals surface area (Å²) < 4.78 is 10.3. The molecule has 0 bridgehead atoms. The van der Waals surface area contributed by atoms with Gasteiger partial charge in [-0.1, -0.05) is 6.07 Å². The van der Waals surface area contributed by atoms with Crippen molar-refractivity contribution in [1.29, 1.82) is 0 Å². The first kappa shape index (κ1) is 18.8. The van der Waals surface area contributed by atoms with Gasteiger partial charge in [-0.3, -0.25) is 0 Å². The van der Waals surface area contributed by atoms with E-state index >= 15 is 0 Å². The van der Waals surface area contributed by atoms with Crippen molar-refractivity contribution in [1.82, 2.24) is 5.32 Å². The Kier molecular flexibility index (Phi) is 6.04. The van der Waals surface area contributed by atoms with Crippen LogP contribution in [0.4, 0.5) is 0 Å². The summed E-state index contributed by atoms with van der Waals surface area (Å²) in [6, 6.07) is 11.5. The van der Waals surface area contributed by atoms with Crippen molar-refractivity contribution >= 4 is 5.97 Å². The second kappa shape index (κ2) is 8.03. The number of benzene rings is 2. The molecule has 0 aliphatic carbocycles. The first-order chi connectivity index (χ1) is 11.8. The molecule has 5 nitrogen and oxygen atoms in total. The van der Waals surface area contributed by atoms with Crippen LogP contribution in [0.1, 0.15) is 36.7 Å². The molecule has 0 saturated carbocycles. The van der Waals surface area contributed by atoms with Crippen LogP contribution in [0.15, 0.2) is 42.5 Å². The average Bonchev–Trinajstić information content (AvgIpc) is 2.56. The lowest BCUT2D eigenvalue weighted by Crippen LogP contribution is -2.36. The average molecular weight is 342 g/mol. The quantitative estimate of drug-likeness (QED) is 0.621. The number of carbonyl (C=O) groups excluding carboxylic acids is 1. The molecule has 0 aliphatic rings. The van der Waals surface area contributed by atoms with Crippen LogP contribution in [0.2, 0.25) is 0 Å². The largest absolute Gasteiger partial charge is 0.504 e. The van der Waals surface area contributed by atoms with Crippen molar-refractivity contribution in [3.63, 3.8) is 0 Å². The Morgan fingerprint density at radius 1 is 1.16 bits per heavy atom. The summed E-state index contributed by atoms with van der Waals surface area (Å²) in [5.41, 5.74) is 1.25. The molecule has 2 N–H and O–H groups in total. The zero-order valence-electron chi connectivity index (χ0n) is 15.0. The third-order valence-corrected chi connectivity index (χ3v) is 3.48. The molecule has 0 atom stereocenters. The van der Waals surface area contributed by atoms with Crippen LogP contribution >= 0.6 is 0 Å². The molecule has 0 saturated heterocycles. The van der Waals surface area contributed by atoms with Gasteiger partial charge in [0.2, 0.25) is 0 Å². The summed E-state index contributed by atoms with van der Waals surface area (Å²) in [5, 5.41) is 13.4. The van der Waals surface area contributed by atoms with Gasteiger partial charge in [0.05, 0.1) is 12.7 Å². The molecule has 133 valence electrons. The number of phenolic OH excluding ortho intramolecular Hbond substituents is 1. The SMILES string of the molecule is COc1ccc(C(=O)Oc2ccc([CH]CNC(C)(C)C)cc2O)cc1. The van der Waals surface area contributed by atoms with Gasteiger partial charge in [0.1, 0.15) is 5.75 Å². The number of hydrogen-bond acceptors (Lipinski definition) is 5. The Balaban J connectivity index is 1.98. The van der Waals surface area contributed by atoms with E-state index in [1.807, 2.05) is 6.42 Å². The van der Waals surface area contributed by atoms with Crippen LogP contribution in [0.3, 0.4) is 0 Å². The summed E-state index contributed by atoms with van der Waals surface area (Å²) in [6.07, 6.45) is 1.96. The molecule has 0 spiro atoms. The summed E-state index contributed by atoms with van der Waals surface area (Å²) in [5.74, 6) is 0.167. The molecule has 1 radical (unpaired) electrons. The number of aromatic hydroxyl groups is 1. The molecule has 0 amide bonds.